The molecule has 9 rings (SSSR count). The third-order valence-corrected chi connectivity index (χ3v) is 41.3. The summed E-state index contributed by atoms with van der Waals surface area (Å²) in [5.74, 6) is -1.28. The summed E-state index contributed by atoms with van der Waals surface area (Å²) in [5, 5.41) is 23.5. The van der Waals surface area contributed by atoms with E-state index in [0.717, 1.165) is 44.5 Å². The molecule has 0 fully saturated rings. The van der Waals surface area contributed by atoms with Crippen molar-refractivity contribution in [2.24, 2.45) is 0 Å². The molecule has 8 nitrogen and oxygen atoms in total. The van der Waals surface area contributed by atoms with Gasteiger partial charge >= 0.3 is 147 Å². The largest absolute Gasteiger partial charge is 0.481 e. The van der Waals surface area contributed by atoms with Crippen molar-refractivity contribution in [1.29, 1.82) is 0 Å². The van der Waals surface area contributed by atoms with Crippen LogP contribution in [0.4, 0.5) is 0 Å². The van der Waals surface area contributed by atoms with Gasteiger partial charge in [-0.2, -0.15) is 11.3 Å². The van der Waals surface area contributed by atoms with Crippen LogP contribution in [0.15, 0.2) is 130 Å². The Morgan fingerprint density at radius 1 is 0.482 bits per heavy atom. The summed E-state index contributed by atoms with van der Waals surface area (Å²) in [6.07, 6.45) is 9.70. The number of esters is 3. The van der Waals surface area contributed by atoms with E-state index in [1.807, 2.05) is 80.7 Å². The summed E-state index contributed by atoms with van der Waals surface area (Å²) in [6.45, 7) is 13.8. The average molecular weight is 1690 g/mol. The maximum absolute atomic E-state index is 11.8. The van der Waals surface area contributed by atoms with Gasteiger partial charge in [0.05, 0.1) is 53.1 Å². The minimum atomic E-state index is -2.01. The number of carboxylic acid groups (broad SMARTS) is 1. The Bertz CT molecular complexity index is 3140. The maximum Gasteiger partial charge on any atom is 0.310 e. The maximum atomic E-state index is 11.8. The van der Waals surface area contributed by atoms with Crippen molar-refractivity contribution in [2.75, 3.05) is 19.8 Å². The number of carbonyl (C=O) groups is 4. The van der Waals surface area contributed by atoms with Crippen LogP contribution in [0.1, 0.15) is 110 Å². The van der Waals surface area contributed by atoms with E-state index in [9.17, 15) is 19.2 Å². The molecule has 0 aliphatic rings. The van der Waals surface area contributed by atoms with E-state index in [-0.39, 0.29) is 31.8 Å². The molecule has 0 aliphatic carbocycles. The van der Waals surface area contributed by atoms with Gasteiger partial charge in [0.1, 0.15) is 0 Å². The Hall–Kier alpha value is -2.10. The van der Waals surface area contributed by atoms with E-state index >= 15 is 0 Å². The first kappa shape index (κ1) is 77.1. The van der Waals surface area contributed by atoms with Gasteiger partial charge in [-0.15, -0.1) is 79.4 Å². The number of halogens is 4. The molecule has 9 aromatic heterocycles. The van der Waals surface area contributed by atoms with Crippen LogP contribution in [-0.4, -0.2) is 67.2 Å². The van der Waals surface area contributed by atoms with Crippen LogP contribution < -0.4 is 2.89 Å². The SMILES string of the molecule is BrBr.C.CCC[CH2][Sn]([CH2]CCC)([CH2]CCC)[c]1cccs1.CCOC(=O)Cc1cc(-c2cccs2)sc1-c1cccs1.CCOC(=O)Cc1cc(Br)sc1Br.CCOC(=O)Cc1ccsc1.O=C(O)Cc1cc(-c2cccs2)sc1-c1cccs1. The zero-order chi connectivity index (χ0) is 61.1. The second kappa shape index (κ2) is 44.4. The van der Waals surface area contributed by atoms with Crippen LogP contribution >= 0.6 is 162 Å². The van der Waals surface area contributed by atoms with Crippen molar-refractivity contribution in [2.45, 2.75) is 126 Å². The fraction of sp³-hybridized carbons (Fsp3) is 0.365. The van der Waals surface area contributed by atoms with Gasteiger partial charge in [-0.1, -0.05) is 31.7 Å². The van der Waals surface area contributed by atoms with E-state index in [1.54, 1.807) is 111 Å². The predicted octanol–water partition coefficient (Wildman–Crippen LogP) is 23.5. The second-order valence-electron chi connectivity index (χ2n) is 18.4. The molecule has 0 saturated carbocycles. The number of thiophene rings is 9. The van der Waals surface area contributed by atoms with Crippen molar-refractivity contribution < 1.29 is 38.5 Å². The summed E-state index contributed by atoms with van der Waals surface area (Å²) in [4.78, 5) is 54.2. The molecular formula is C63H76Br4O8S9Sn. The number of aliphatic carboxylic acids is 1. The molecule has 0 atom stereocenters. The van der Waals surface area contributed by atoms with Crippen LogP contribution in [0.25, 0.3) is 39.0 Å². The number of hydrogen-bond acceptors (Lipinski definition) is 16. The molecule has 1 N–H and O–H groups in total. The van der Waals surface area contributed by atoms with E-state index in [4.69, 9.17) is 19.3 Å². The van der Waals surface area contributed by atoms with Crippen LogP contribution in [-0.2, 0) is 59.1 Å². The molecule has 0 saturated heterocycles. The van der Waals surface area contributed by atoms with Gasteiger partial charge in [0.15, 0.2) is 0 Å². The average Bonchev–Trinajstić information content (AvgIpc) is 3.43. The minimum absolute atomic E-state index is 0. The number of ether oxygens (including phenoxy) is 3. The van der Waals surface area contributed by atoms with Crippen LogP contribution in [0.3, 0.4) is 0 Å². The molecule has 0 radical (unpaired) electrons. The normalized spacial score (nSPS) is 10.4. The van der Waals surface area contributed by atoms with Crippen molar-refractivity contribution in [3.63, 3.8) is 0 Å². The molecule has 0 bridgehead atoms. The Morgan fingerprint density at radius 2 is 0.894 bits per heavy atom. The molecule has 85 heavy (non-hydrogen) atoms. The Kier molecular flexibility index (Phi) is 40.3. The first-order valence-corrected chi connectivity index (χ1v) is 48.1. The fourth-order valence-electron chi connectivity index (χ4n) is 8.47. The Morgan fingerprint density at radius 3 is 1.25 bits per heavy atom. The molecule has 0 aromatic carbocycles. The number of hydrogen-bond donors (Lipinski definition) is 1. The fourth-order valence-corrected chi connectivity index (χ4v) is 37.6. The topological polar surface area (TPSA) is 116 Å². The van der Waals surface area contributed by atoms with E-state index < -0.39 is 24.3 Å². The third kappa shape index (κ3) is 27.5. The number of carbonyl (C=O) groups excluding carboxylic acids is 3. The molecular weight excluding hydrogens is 1610 g/mol. The molecule has 9 heterocycles. The standard InChI is InChI=1S/C16H14O2S3.C14H10O2S3.C8H8Br2O2S.C8H10O2S.C4H3S.3C4H9.CH4.Br2.Sn/c1-2-18-15(17)10-11-9-14(12-5-3-7-19-12)21-16(11)13-6-4-8-20-13;15-13(16)8-9-7-12(10-3-1-5-17-10)19-14(9)11-4-2-6-18-11;1-2-12-7(11)4-5-3-6(9)13-8(5)10;1-2-10-8(9)5-7-3-4-11-6-7;1-2-4-5-3-1;3*1-3-4-2;;1-2;/h3-9H,2,10H2,1H3;1-7H,8H2,(H,15,16);3H,2,4H2,1H3;3-4,6H,2,5H2,1H3;1-3H;3*1,3-4H2,2H3;1H4;;. The van der Waals surface area contributed by atoms with Gasteiger partial charge in [-0.25, -0.2) is 0 Å². The van der Waals surface area contributed by atoms with Gasteiger partial charge in [-0.3, -0.25) is 19.2 Å². The molecule has 0 unspecified atom stereocenters. The predicted molar refractivity (Wildman–Crippen MR) is 392 cm³/mol. The Labute approximate surface area is 576 Å². The smallest absolute Gasteiger partial charge is 0.310 e. The van der Waals surface area contributed by atoms with E-state index in [2.05, 4.69) is 151 Å². The molecule has 462 valence electrons. The quantitative estimate of drug-likeness (QED) is 0.0342. The van der Waals surface area contributed by atoms with Crippen molar-refractivity contribution in [3.05, 3.63) is 152 Å². The number of carboxylic acids is 1. The van der Waals surface area contributed by atoms with Gasteiger partial charge in [0, 0.05) is 67.3 Å². The summed E-state index contributed by atoms with van der Waals surface area (Å²) in [6, 6.07) is 29.2. The third-order valence-electron chi connectivity index (χ3n) is 12.3. The minimum Gasteiger partial charge on any atom is -0.481 e. The van der Waals surface area contributed by atoms with Gasteiger partial charge < -0.3 is 19.3 Å². The summed E-state index contributed by atoms with van der Waals surface area (Å²) in [5.41, 5.74) is 3.97. The van der Waals surface area contributed by atoms with Gasteiger partial charge in [-0.05, 0) is 156 Å². The number of rotatable bonds is 25. The van der Waals surface area contributed by atoms with Crippen LogP contribution in [0.2, 0.25) is 13.3 Å². The number of unbranched alkanes of at least 4 members (excludes halogenated alkanes) is 3. The zero-order valence-electron chi connectivity index (χ0n) is 47.9. The summed E-state index contributed by atoms with van der Waals surface area (Å²) >= 11 is 25.6. The molecule has 9 aromatic rings. The van der Waals surface area contributed by atoms with Gasteiger partial charge in [0.25, 0.3) is 0 Å². The van der Waals surface area contributed by atoms with Crippen molar-refractivity contribution in [3.8, 4) is 39.0 Å². The van der Waals surface area contributed by atoms with Crippen LogP contribution in [0.5, 0.6) is 0 Å². The van der Waals surface area contributed by atoms with Crippen LogP contribution in [0, 0.1) is 0 Å². The Balaban J connectivity index is 0.000000280. The van der Waals surface area contributed by atoms with E-state index in [1.165, 1.54) is 62.9 Å². The van der Waals surface area contributed by atoms with Crippen molar-refractivity contribution >= 4 is 207 Å². The summed E-state index contributed by atoms with van der Waals surface area (Å²) < 4.78 is 23.4. The first-order valence-electron chi connectivity index (χ1n) is 27.5. The monoisotopic (exact) mass is 1680 g/mol. The molecule has 0 amide bonds. The second-order valence-corrected chi connectivity index (χ2v) is 43.9. The zero-order valence-corrected chi connectivity index (χ0v) is 64.5. The van der Waals surface area contributed by atoms with Crippen molar-refractivity contribution in [1.82, 2.24) is 0 Å². The van der Waals surface area contributed by atoms with Gasteiger partial charge in [0.2, 0.25) is 0 Å². The molecule has 22 heteroatoms. The first-order chi connectivity index (χ1) is 40.8. The molecule has 0 aliphatic heterocycles. The summed E-state index contributed by atoms with van der Waals surface area (Å²) in [7, 11) is 0. The molecule has 0 spiro atoms. The van der Waals surface area contributed by atoms with E-state index in [0.29, 0.717) is 39.1 Å².